The highest BCUT2D eigenvalue weighted by atomic mass is 16.5. The first kappa shape index (κ1) is 12.1. The van der Waals surface area contributed by atoms with Crippen LogP contribution in [-0.2, 0) is 10.5 Å². The molecule has 1 aromatic carbocycles. The van der Waals surface area contributed by atoms with Gasteiger partial charge in [-0.15, -0.1) is 6.42 Å². The Morgan fingerprint density at radius 3 is 2.47 bits per heavy atom. The molecule has 0 spiro atoms. The third kappa shape index (κ3) is 2.20. The molecule has 1 aliphatic heterocycles. The second kappa shape index (κ2) is 5.33. The SMILES string of the molecule is C#CC(OC)(c1ccccc1)N1CCNCC1. The van der Waals surface area contributed by atoms with Crippen molar-refractivity contribution in [1.29, 1.82) is 0 Å². The zero-order chi connectivity index (χ0) is 12.1. The first-order chi connectivity index (χ1) is 8.33. The largest absolute Gasteiger partial charge is 0.349 e. The van der Waals surface area contributed by atoms with Crippen LogP contribution in [0.1, 0.15) is 5.56 Å². The monoisotopic (exact) mass is 230 g/mol. The van der Waals surface area contributed by atoms with Crippen LogP contribution in [0.2, 0.25) is 0 Å². The number of hydrogen-bond donors (Lipinski definition) is 1. The lowest BCUT2D eigenvalue weighted by atomic mass is 10.0. The van der Waals surface area contributed by atoms with Crippen LogP contribution in [0.15, 0.2) is 30.3 Å². The maximum absolute atomic E-state index is 5.74. The molecule has 2 rings (SSSR count). The van der Waals surface area contributed by atoms with Crippen LogP contribution in [0.5, 0.6) is 0 Å². The topological polar surface area (TPSA) is 24.5 Å². The molecule has 0 aliphatic carbocycles. The summed E-state index contributed by atoms with van der Waals surface area (Å²) in [6.45, 7) is 3.68. The molecular formula is C14H18N2O. The third-order valence-electron chi connectivity index (χ3n) is 3.22. The maximum Gasteiger partial charge on any atom is 0.211 e. The fourth-order valence-electron chi connectivity index (χ4n) is 2.31. The average molecular weight is 230 g/mol. The van der Waals surface area contributed by atoms with Gasteiger partial charge in [-0.05, 0) is 5.92 Å². The van der Waals surface area contributed by atoms with E-state index in [-0.39, 0.29) is 0 Å². The van der Waals surface area contributed by atoms with E-state index in [0.717, 1.165) is 31.7 Å². The number of nitrogens with one attached hydrogen (secondary N) is 1. The molecule has 17 heavy (non-hydrogen) atoms. The number of hydrogen-bond acceptors (Lipinski definition) is 3. The molecule has 1 atom stereocenters. The van der Waals surface area contributed by atoms with E-state index in [1.54, 1.807) is 7.11 Å². The molecule has 1 fully saturated rings. The Kier molecular flexibility index (Phi) is 3.80. The number of terminal acetylenes is 1. The van der Waals surface area contributed by atoms with Crippen molar-refractivity contribution >= 4 is 0 Å². The van der Waals surface area contributed by atoms with E-state index in [4.69, 9.17) is 11.2 Å². The molecule has 1 heterocycles. The summed E-state index contributed by atoms with van der Waals surface area (Å²) >= 11 is 0. The van der Waals surface area contributed by atoms with Gasteiger partial charge >= 0.3 is 0 Å². The molecule has 0 radical (unpaired) electrons. The van der Waals surface area contributed by atoms with Gasteiger partial charge in [0.2, 0.25) is 5.72 Å². The van der Waals surface area contributed by atoms with Crippen molar-refractivity contribution in [2.45, 2.75) is 5.72 Å². The van der Waals surface area contributed by atoms with E-state index in [9.17, 15) is 0 Å². The van der Waals surface area contributed by atoms with Crippen LogP contribution in [0, 0.1) is 12.3 Å². The van der Waals surface area contributed by atoms with E-state index in [0.29, 0.717) is 0 Å². The maximum atomic E-state index is 5.74. The molecule has 0 bridgehead atoms. The van der Waals surface area contributed by atoms with Crippen LogP contribution in [0.4, 0.5) is 0 Å². The van der Waals surface area contributed by atoms with Crippen molar-refractivity contribution in [3.05, 3.63) is 35.9 Å². The Hall–Kier alpha value is -1.34. The number of piperazine rings is 1. The van der Waals surface area contributed by atoms with E-state index >= 15 is 0 Å². The zero-order valence-corrected chi connectivity index (χ0v) is 10.1. The summed E-state index contributed by atoms with van der Waals surface area (Å²) in [5.41, 5.74) is 0.288. The highest BCUT2D eigenvalue weighted by molar-refractivity contribution is 5.30. The van der Waals surface area contributed by atoms with Crippen molar-refractivity contribution in [3.8, 4) is 12.3 Å². The summed E-state index contributed by atoms with van der Waals surface area (Å²) in [5, 5.41) is 3.32. The molecule has 1 aliphatic rings. The summed E-state index contributed by atoms with van der Waals surface area (Å²) in [6, 6.07) is 10.0. The number of methoxy groups -OCH3 is 1. The Balaban J connectivity index is 2.35. The smallest absolute Gasteiger partial charge is 0.211 e. The van der Waals surface area contributed by atoms with Gasteiger partial charge in [-0.2, -0.15) is 0 Å². The highest BCUT2D eigenvalue weighted by Crippen LogP contribution is 2.28. The Labute approximate surface area is 103 Å². The Bertz CT molecular complexity index is 392. The molecule has 0 aromatic heterocycles. The summed E-state index contributed by atoms with van der Waals surface area (Å²) < 4.78 is 5.67. The van der Waals surface area contributed by atoms with Crippen LogP contribution >= 0.6 is 0 Å². The summed E-state index contributed by atoms with van der Waals surface area (Å²) in [5.74, 6) is 2.83. The normalized spacial score (nSPS) is 20.5. The van der Waals surface area contributed by atoms with Crippen molar-refractivity contribution in [3.63, 3.8) is 0 Å². The summed E-state index contributed by atoms with van der Waals surface area (Å²) in [4.78, 5) is 2.21. The molecule has 1 aromatic rings. The molecule has 1 N–H and O–H groups in total. The van der Waals surface area contributed by atoms with Crippen LogP contribution < -0.4 is 5.32 Å². The van der Waals surface area contributed by atoms with E-state index in [1.807, 2.05) is 30.3 Å². The number of benzene rings is 1. The van der Waals surface area contributed by atoms with Crippen molar-refractivity contribution in [2.24, 2.45) is 0 Å². The molecule has 1 saturated heterocycles. The van der Waals surface area contributed by atoms with Gasteiger partial charge in [0.15, 0.2) is 0 Å². The lowest BCUT2D eigenvalue weighted by molar-refractivity contribution is -0.102. The third-order valence-corrected chi connectivity index (χ3v) is 3.22. The summed E-state index contributed by atoms with van der Waals surface area (Å²) in [7, 11) is 1.68. The van der Waals surface area contributed by atoms with Gasteiger partial charge in [0.25, 0.3) is 0 Å². The summed E-state index contributed by atoms with van der Waals surface area (Å²) in [6.07, 6.45) is 5.74. The number of rotatable bonds is 3. The lowest BCUT2D eigenvalue weighted by Gasteiger charge is -2.41. The van der Waals surface area contributed by atoms with Gasteiger partial charge < -0.3 is 10.1 Å². The fourth-order valence-corrected chi connectivity index (χ4v) is 2.31. The molecule has 0 saturated carbocycles. The van der Waals surface area contributed by atoms with Crippen LogP contribution in [0.25, 0.3) is 0 Å². The van der Waals surface area contributed by atoms with Gasteiger partial charge in [-0.25, -0.2) is 0 Å². The van der Waals surface area contributed by atoms with Gasteiger partial charge in [0, 0.05) is 38.9 Å². The zero-order valence-electron chi connectivity index (χ0n) is 10.1. The van der Waals surface area contributed by atoms with E-state index in [1.165, 1.54) is 0 Å². The van der Waals surface area contributed by atoms with Crippen molar-refractivity contribution in [1.82, 2.24) is 10.2 Å². The van der Waals surface area contributed by atoms with Gasteiger partial charge in [0.05, 0.1) is 0 Å². The quantitative estimate of drug-likeness (QED) is 0.785. The second-order valence-corrected chi connectivity index (χ2v) is 4.10. The molecule has 1 unspecified atom stereocenters. The first-order valence-corrected chi connectivity index (χ1v) is 5.87. The van der Waals surface area contributed by atoms with Gasteiger partial charge in [-0.1, -0.05) is 30.3 Å². The predicted molar refractivity (Wildman–Crippen MR) is 68.4 cm³/mol. The highest BCUT2D eigenvalue weighted by Gasteiger charge is 2.37. The number of nitrogens with zero attached hydrogens (tertiary/aromatic N) is 1. The minimum atomic E-state index is -0.733. The minimum Gasteiger partial charge on any atom is -0.349 e. The molecular weight excluding hydrogens is 212 g/mol. The Morgan fingerprint density at radius 1 is 1.29 bits per heavy atom. The van der Waals surface area contributed by atoms with Gasteiger partial charge in [0.1, 0.15) is 0 Å². The fraction of sp³-hybridized carbons (Fsp3) is 0.429. The molecule has 3 heteroatoms. The van der Waals surface area contributed by atoms with E-state index < -0.39 is 5.72 Å². The first-order valence-electron chi connectivity index (χ1n) is 5.87. The van der Waals surface area contributed by atoms with Crippen LogP contribution in [-0.4, -0.2) is 38.2 Å². The average Bonchev–Trinajstić information content (AvgIpc) is 2.43. The Morgan fingerprint density at radius 2 is 1.94 bits per heavy atom. The molecule has 3 nitrogen and oxygen atoms in total. The van der Waals surface area contributed by atoms with E-state index in [2.05, 4.69) is 16.1 Å². The minimum absolute atomic E-state index is 0.733. The molecule has 0 amide bonds. The van der Waals surface area contributed by atoms with Crippen molar-refractivity contribution in [2.75, 3.05) is 33.3 Å². The second-order valence-electron chi connectivity index (χ2n) is 4.10. The molecule has 90 valence electrons. The lowest BCUT2D eigenvalue weighted by Crippen LogP contribution is -2.54. The van der Waals surface area contributed by atoms with Gasteiger partial charge in [-0.3, -0.25) is 4.90 Å². The van der Waals surface area contributed by atoms with Crippen LogP contribution in [0.3, 0.4) is 0 Å². The standard InChI is InChI=1S/C14H18N2O/c1-3-14(17-2,13-7-5-4-6-8-13)16-11-9-15-10-12-16/h1,4-8,15H,9-12H2,2H3. The number of ether oxygens (including phenoxy) is 1. The van der Waals surface area contributed by atoms with Crippen molar-refractivity contribution < 1.29 is 4.74 Å². The predicted octanol–water partition coefficient (Wildman–Crippen LogP) is 1.02.